The minimum atomic E-state index is -0.646. The van der Waals surface area contributed by atoms with Crippen LogP contribution in [0.5, 0.6) is 0 Å². The zero-order chi connectivity index (χ0) is 24.4. The molecular formula is C24H33BrN4O4. The molecule has 1 heterocycles. The molecule has 1 aromatic heterocycles. The lowest BCUT2D eigenvalue weighted by Crippen LogP contribution is -2.49. The fraction of sp³-hybridized carbons (Fsp3) is 0.583. The molecule has 0 radical (unpaired) electrons. The van der Waals surface area contributed by atoms with Gasteiger partial charge < -0.3 is 14.8 Å². The maximum Gasteiger partial charge on any atom is 0.417 e. The number of hydrogen-bond acceptors (Lipinski definition) is 6. The Kier molecular flexibility index (Phi) is 7.51. The van der Waals surface area contributed by atoms with Crippen LogP contribution in [-0.2, 0) is 9.47 Å². The van der Waals surface area contributed by atoms with Gasteiger partial charge in [-0.1, -0.05) is 15.9 Å². The minimum Gasteiger partial charge on any atom is -0.444 e. The molecule has 1 fully saturated rings. The second-order valence-corrected chi connectivity index (χ2v) is 11.3. The first kappa shape index (κ1) is 25.2. The van der Waals surface area contributed by atoms with E-state index in [9.17, 15) is 9.59 Å². The molecule has 0 aliphatic heterocycles. The van der Waals surface area contributed by atoms with Crippen molar-refractivity contribution in [3.05, 3.63) is 28.9 Å². The Morgan fingerprint density at radius 3 is 2.27 bits per heavy atom. The summed E-state index contributed by atoms with van der Waals surface area (Å²) in [5.74, 6) is 0.322. The Hall–Kier alpha value is -2.42. The van der Waals surface area contributed by atoms with Crippen LogP contribution in [0.4, 0.5) is 15.5 Å². The molecule has 0 atom stereocenters. The lowest BCUT2D eigenvalue weighted by molar-refractivity contribution is 0.0474. The summed E-state index contributed by atoms with van der Waals surface area (Å²) in [5.41, 5.74) is -0.443. The molecular weight excluding hydrogens is 488 g/mol. The van der Waals surface area contributed by atoms with E-state index in [1.807, 2.05) is 59.7 Å². The third-order valence-corrected chi connectivity index (χ3v) is 5.61. The molecule has 2 aromatic rings. The normalized spacial score (nSPS) is 19.1. The summed E-state index contributed by atoms with van der Waals surface area (Å²) in [6, 6.07) is 5.59. The van der Waals surface area contributed by atoms with Gasteiger partial charge in [-0.25, -0.2) is 24.5 Å². The Morgan fingerprint density at radius 2 is 1.67 bits per heavy atom. The number of fused-ring (bicyclic) bond motifs is 1. The van der Waals surface area contributed by atoms with E-state index in [1.54, 1.807) is 11.1 Å². The van der Waals surface area contributed by atoms with E-state index in [4.69, 9.17) is 9.47 Å². The van der Waals surface area contributed by atoms with Crippen LogP contribution in [0.1, 0.15) is 67.2 Å². The average Bonchev–Trinajstić information content (AvgIpc) is 2.66. The monoisotopic (exact) mass is 520 g/mol. The largest absolute Gasteiger partial charge is 0.444 e. The van der Waals surface area contributed by atoms with E-state index in [2.05, 4.69) is 31.2 Å². The predicted molar refractivity (Wildman–Crippen MR) is 131 cm³/mol. The van der Waals surface area contributed by atoms with E-state index < -0.39 is 23.4 Å². The molecule has 0 saturated heterocycles. The molecule has 3 rings (SSSR count). The first-order valence-corrected chi connectivity index (χ1v) is 12.0. The third-order valence-electron chi connectivity index (χ3n) is 5.12. The molecule has 1 aromatic carbocycles. The number of ether oxygens (including phenoxy) is 2. The van der Waals surface area contributed by atoms with Crippen LogP contribution in [0.15, 0.2) is 28.9 Å². The number of alkyl carbamates (subject to hydrolysis) is 1. The van der Waals surface area contributed by atoms with E-state index in [1.165, 1.54) is 0 Å². The van der Waals surface area contributed by atoms with Crippen molar-refractivity contribution in [2.24, 2.45) is 0 Å². The molecule has 1 saturated carbocycles. The van der Waals surface area contributed by atoms with E-state index in [0.29, 0.717) is 31.6 Å². The van der Waals surface area contributed by atoms with Crippen molar-refractivity contribution in [1.29, 1.82) is 0 Å². The second kappa shape index (κ2) is 9.83. The van der Waals surface area contributed by atoms with Gasteiger partial charge in [-0.2, -0.15) is 0 Å². The number of aromatic nitrogens is 2. The SMILES string of the molecule is CC(C)(C)OC(=O)N[C@H]1CC[C@H](N(C(=O)OC(C)(C)C)c2ncc3cc(Br)ccc3n2)CC1. The van der Waals surface area contributed by atoms with Crippen LogP contribution < -0.4 is 10.2 Å². The lowest BCUT2D eigenvalue weighted by Gasteiger charge is -2.36. The maximum absolute atomic E-state index is 13.2. The van der Waals surface area contributed by atoms with Gasteiger partial charge in [-0.05, 0) is 85.4 Å². The molecule has 0 unspecified atom stereocenters. The van der Waals surface area contributed by atoms with E-state index in [-0.39, 0.29) is 12.1 Å². The van der Waals surface area contributed by atoms with Gasteiger partial charge in [0, 0.05) is 28.1 Å². The van der Waals surface area contributed by atoms with E-state index >= 15 is 0 Å². The van der Waals surface area contributed by atoms with Gasteiger partial charge in [0.1, 0.15) is 11.2 Å². The zero-order valence-corrected chi connectivity index (χ0v) is 21.7. The van der Waals surface area contributed by atoms with Gasteiger partial charge in [-0.15, -0.1) is 0 Å². The van der Waals surface area contributed by atoms with Crippen molar-refractivity contribution in [3.8, 4) is 0 Å². The Labute approximate surface area is 203 Å². The van der Waals surface area contributed by atoms with Crippen molar-refractivity contribution in [1.82, 2.24) is 15.3 Å². The van der Waals surface area contributed by atoms with Crippen LogP contribution in [0.25, 0.3) is 10.9 Å². The highest BCUT2D eigenvalue weighted by Gasteiger charge is 2.35. The number of rotatable bonds is 3. The van der Waals surface area contributed by atoms with Gasteiger partial charge in [0.25, 0.3) is 0 Å². The fourth-order valence-electron chi connectivity index (χ4n) is 3.77. The molecule has 2 amide bonds. The zero-order valence-electron chi connectivity index (χ0n) is 20.1. The van der Waals surface area contributed by atoms with Crippen molar-refractivity contribution >= 4 is 45.0 Å². The summed E-state index contributed by atoms with van der Waals surface area (Å²) in [5, 5.41) is 3.82. The highest BCUT2D eigenvalue weighted by molar-refractivity contribution is 9.10. The standard InChI is InChI=1S/C24H33BrN4O4/c1-23(2,3)32-21(30)27-17-8-10-18(11-9-17)29(22(31)33-24(4,5)6)20-26-14-15-13-16(25)7-12-19(15)28-20/h7,12-14,17-18H,8-11H2,1-6H3,(H,27,30)/t17-,18-. The van der Waals surface area contributed by atoms with Crippen LogP contribution in [0.2, 0.25) is 0 Å². The van der Waals surface area contributed by atoms with Gasteiger partial charge in [0.15, 0.2) is 0 Å². The Morgan fingerprint density at radius 1 is 1.03 bits per heavy atom. The van der Waals surface area contributed by atoms with Crippen LogP contribution in [-0.4, -0.2) is 45.4 Å². The summed E-state index contributed by atoms with van der Waals surface area (Å²) < 4.78 is 12.0. The fourth-order valence-corrected chi connectivity index (χ4v) is 4.15. The second-order valence-electron chi connectivity index (χ2n) is 10.4. The third kappa shape index (κ3) is 7.28. The summed E-state index contributed by atoms with van der Waals surface area (Å²) in [6.07, 6.45) is 3.62. The van der Waals surface area contributed by atoms with E-state index in [0.717, 1.165) is 15.4 Å². The summed E-state index contributed by atoms with van der Waals surface area (Å²) in [7, 11) is 0. The molecule has 0 spiro atoms. The van der Waals surface area contributed by atoms with Crippen LogP contribution in [0, 0.1) is 0 Å². The number of nitrogens with one attached hydrogen (secondary N) is 1. The molecule has 33 heavy (non-hydrogen) atoms. The Balaban J connectivity index is 1.78. The van der Waals surface area contributed by atoms with Crippen LogP contribution in [0.3, 0.4) is 0 Å². The number of benzene rings is 1. The summed E-state index contributed by atoms with van der Waals surface area (Å²) in [6.45, 7) is 11.0. The molecule has 1 aliphatic carbocycles. The minimum absolute atomic E-state index is 0.00791. The molecule has 0 bridgehead atoms. The highest BCUT2D eigenvalue weighted by atomic mass is 79.9. The van der Waals surface area contributed by atoms with Gasteiger partial charge in [-0.3, -0.25) is 0 Å². The molecule has 1 aliphatic rings. The predicted octanol–water partition coefficient (Wildman–Crippen LogP) is 5.97. The average molecular weight is 521 g/mol. The molecule has 1 N–H and O–H groups in total. The first-order valence-electron chi connectivity index (χ1n) is 11.2. The summed E-state index contributed by atoms with van der Waals surface area (Å²) >= 11 is 3.46. The van der Waals surface area contributed by atoms with Crippen molar-refractivity contribution in [3.63, 3.8) is 0 Å². The number of nitrogens with zero attached hydrogens (tertiary/aromatic N) is 3. The summed E-state index contributed by atoms with van der Waals surface area (Å²) in [4.78, 5) is 36.0. The van der Waals surface area contributed by atoms with Crippen molar-refractivity contribution in [2.75, 3.05) is 4.90 Å². The van der Waals surface area contributed by atoms with Gasteiger partial charge in [0.2, 0.25) is 5.95 Å². The maximum atomic E-state index is 13.2. The lowest BCUT2D eigenvalue weighted by atomic mass is 9.90. The first-order chi connectivity index (χ1) is 15.3. The topological polar surface area (TPSA) is 93.7 Å². The molecule has 180 valence electrons. The number of halogens is 1. The highest BCUT2D eigenvalue weighted by Crippen LogP contribution is 2.29. The number of carbonyl (C=O) groups is 2. The quantitative estimate of drug-likeness (QED) is 0.535. The number of hydrogen-bond donors (Lipinski definition) is 1. The van der Waals surface area contributed by atoms with Crippen molar-refractivity contribution < 1.29 is 19.1 Å². The number of amides is 2. The van der Waals surface area contributed by atoms with Gasteiger partial charge in [0.05, 0.1) is 5.52 Å². The number of carbonyl (C=O) groups excluding carboxylic acids is 2. The van der Waals surface area contributed by atoms with Crippen LogP contribution >= 0.6 is 15.9 Å². The smallest absolute Gasteiger partial charge is 0.417 e. The number of anilines is 1. The van der Waals surface area contributed by atoms with Crippen molar-refractivity contribution in [2.45, 2.75) is 90.5 Å². The molecule has 9 heteroatoms. The van der Waals surface area contributed by atoms with Gasteiger partial charge >= 0.3 is 12.2 Å². The Bertz CT molecular complexity index is 1010. The molecule has 8 nitrogen and oxygen atoms in total.